The Bertz CT molecular complexity index is 810. The van der Waals surface area contributed by atoms with Gasteiger partial charge >= 0.3 is 18.3 Å². The molecule has 1 N–H and O–H groups in total. The number of carboxylic acids is 1. The number of hydrogen-bond donors (Lipinski definition) is 1. The summed E-state index contributed by atoms with van der Waals surface area (Å²) in [5, 5.41) is 9.48. The molecule has 5 nitrogen and oxygen atoms in total. The molecular weight excluding hydrogens is 420 g/mol. The van der Waals surface area contributed by atoms with E-state index in [1.165, 1.54) is 0 Å². The lowest BCUT2D eigenvalue weighted by atomic mass is 9.83. The molecule has 11 heteroatoms. The largest absolute Gasteiger partial charge is 0.480 e. The molecule has 1 heterocycles. The van der Waals surface area contributed by atoms with Crippen LogP contribution in [0.15, 0.2) is 18.2 Å². The molecule has 1 aromatic carbocycles. The summed E-state index contributed by atoms with van der Waals surface area (Å²) in [6.07, 6.45) is -8.60. The highest BCUT2D eigenvalue weighted by atomic mass is 19.4. The van der Waals surface area contributed by atoms with Crippen molar-refractivity contribution in [2.45, 2.75) is 56.7 Å². The topological polar surface area (TPSA) is 66.8 Å². The van der Waals surface area contributed by atoms with Crippen LogP contribution >= 0.6 is 0 Å². The van der Waals surface area contributed by atoms with E-state index in [0.29, 0.717) is 25.0 Å². The van der Waals surface area contributed by atoms with Gasteiger partial charge in [-0.2, -0.15) is 26.3 Å². The van der Waals surface area contributed by atoms with Crippen LogP contribution < -0.4 is 0 Å². The highest BCUT2D eigenvalue weighted by molar-refractivity contribution is 5.98. The monoisotopic (exact) mass is 439 g/mol. The SMILES string of the molecule is CC1CCC2(CC1)OC[C@@H](C(=O)O)N2C(=O)c1cc(C(F)(F)F)cc(C(F)(F)F)c1. The van der Waals surface area contributed by atoms with Crippen molar-refractivity contribution in [1.29, 1.82) is 0 Å². The fraction of sp³-hybridized carbons (Fsp3) is 0.579. The van der Waals surface area contributed by atoms with Crippen molar-refractivity contribution in [3.05, 3.63) is 34.9 Å². The number of carbonyl (C=O) groups excluding carboxylic acids is 1. The summed E-state index contributed by atoms with van der Waals surface area (Å²) < 4.78 is 84.6. The van der Waals surface area contributed by atoms with Crippen LogP contribution in [0.2, 0.25) is 0 Å². The number of rotatable bonds is 2. The van der Waals surface area contributed by atoms with Gasteiger partial charge < -0.3 is 9.84 Å². The Hall–Kier alpha value is -2.30. The number of carbonyl (C=O) groups is 2. The molecule has 1 saturated heterocycles. The number of amides is 1. The lowest BCUT2D eigenvalue weighted by Gasteiger charge is -2.42. The molecule has 1 aliphatic carbocycles. The standard InChI is InChI=1S/C19H19F6NO4/c1-10-2-4-17(5-3-10)26(14(9-30-17)16(28)29)15(27)11-6-12(18(20,21)22)8-13(7-11)19(23,24)25/h6-8,10,14H,2-5,9H2,1H3,(H,28,29)/t10?,14-,17?/m0/s1. The Balaban J connectivity index is 2.09. The molecule has 30 heavy (non-hydrogen) atoms. The maximum Gasteiger partial charge on any atom is 0.416 e. The van der Waals surface area contributed by atoms with Crippen LogP contribution in [0, 0.1) is 5.92 Å². The lowest BCUT2D eigenvalue weighted by molar-refractivity contribution is -0.145. The molecule has 0 unspecified atom stereocenters. The first-order valence-electron chi connectivity index (χ1n) is 9.24. The highest BCUT2D eigenvalue weighted by Crippen LogP contribution is 2.44. The van der Waals surface area contributed by atoms with E-state index in [2.05, 4.69) is 0 Å². The van der Waals surface area contributed by atoms with Gasteiger partial charge in [-0.3, -0.25) is 9.69 Å². The summed E-state index contributed by atoms with van der Waals surface area (Å²) in [7, 11) is 0. The Labute approximate surface area is 167 Å². The first-order valence-corrected chi connectivity index (χ1v) is 9.24. The third-order valence-corrected chi connectivity index (χ3v) is 5.65. The fourth-order valence-corrected chi connectivity index (χ4v) is 3.99. The predicted octanol–water partition coefficient (Wildman–Crippen LogP) is 4.56. The second-order valence-electron chi connectivity index (χ2n) is 7.76. The summed E-state index contributed by atoms with van der Waals surface area (Å²) in [6.45, 7) is 1.56. The van der Waals surface area contributed by atoms with Crippen LogP contribution in [0.5, 0.6) is 0 Å². The second kappa shape index (κ2) is 7.44. The molecule has 0 bridgehead atoms. The van der Waals surface area contributed by atoms with Gasteiger partial charge in [-0.05, 0) is 49.8 Å². The minimum atomic E-state index is -5.12. The minimum Gasteiger partial charge on any atom is -0.480 e. The number of halogens is 6. The number of carboxylic acid groups (broad SMARTS) is 1. The molecule has 2 aliphatic rings. The number of alkyl halides is 6. The quantitative estimate of drug-likeness (QED) is 0.687. The van der Waals surface area contributed by atoms with Gasteiger partial charge in [0, 0.05) is 5.56 Å². The maximum absolute atomic E-state index is 13.2. The lowest BCUT2D eigenvalue weighted by Crippen LogP contribution is -2.55. The van der Waals surface area contributed by atoms with E-state index >= 15 is 0 Å². The molecule has 166 valence electrons. The zero-order valence-electron chi connectivity index (χ0n) is 15.8. The summed E-state index contributed by atoms with van der Waals surface area (Å²) >= 11 is 0. The van der Waals surface area contributed by atoms with E-state index < -0.39 is 52.7 Å². The summed E-state index contributed by atoms with van der Waals surface area (Å²) in [5.74, 6) is -2.40. The number of benzene rings is 1. The van der Waals surface area contributed by atoms with Crippen LogP contribution in [-0.4, -0.2) is 40.3 Å². The van der Waals surface area contributed by atoms with Crippen molar-refractivity contribution >= 4 is 11.9 Å². The van der Waals surface area contributed by atoms with Gasteiger partial charge in [-0.1, -0.05) is 6.92 Å². The fourth-order valence-electron chi connectivity index (χ4n) is 3.99. The molecule has 1 atom stereocenters. The van der Waals surface area contributed by atoms with E-state index in [0.717, 1.165) is 4.90 Å². The van der Waals surface area contributed by atoms with Gasteiger partial charge in [-0.25, -0.2) is 4.79 Å². The summed E-state index contributed by atoms with van der Waals surface area (Å²) in [6, 6.07) is -0.957. The minimum absolute atomic E-state index is 0.0794. The summed E-state index contributed by atoms with van der Waals surface area (Å²) in [4.78, 5) is 25.6. The third kappa shape index (κ3) is 4.12. The van der Waals surface area contributed by atoms with E-state index in [9.17, 15) is 41.0 Å². The smallest absolute Gasteiger partial charge is 0.416 e. The van der Waals surface area contributed by atoms with Crippen molar-refractivity contribution < 1.29 is 45.8 Å². The van der Waals surface area contributed by atoms with Gasteiger partial charge in [0.1, 0.15) is 5.72 Å². The van der Waals surface area contributed by atoms with Gasteiger partial charge in [0.2, 0.25) is 0 Å². The van der Waals surface area contributed by atoms with Crippen molar-refractivity contribution in [2.75, 3.05) is 6.61 Å². The summed E-state index contributed by atoms with van der Waals surface area (Å²) in [5.41, 5.74) is -5.52. The van der Waals surface area contributed by atoms with E-state index in [4.69, 9.17) is 4.74 Å². The van der Waals surface area contributed by atoms with E-state index in [-0.39, 0.29) is 31.4 Å². The van der Waals surface area contributed by atoms with E-state index in [1.54, 1.807) is 0 Å². The van der Waals surface area contributed by atoms with Crippen molar-refractivity contribution in [3.63, 3.8) is 0 Å². The molecule has 1 spiro atoms. The number of ether oxygens (including phenoxy) is 1. The van der Waals surface area contributed by atoms with Gasteiger partial charge in [-0.15, -0.1) is 0 Å². The molecule has 0 radical (unpaired) electrons. The molecule has 1 aliphatic heterocycles. The van der Waals surface area contributed by atoms with E-state index in [1.807, 2.05) is 6.92 Å². The molecule has 2 fully saturated rings. The van der Waals surface area contributed by atoms with Crippen molar-refractivity contribution in [1.82, 2.24) is 4.90 Å². The number of hydrogen-bond acceptors (Lipinski definition) is 3. The zero-order chi connectivity index (χ0) is 22.5. The maximum atomic E-state index is 13.2. The normalized spacial score (nSPS) is 27.5. The third-order valence-electron chi connectivity index (χ3n) is 5.65. The molecule has 1 saturated carbocycles. The average Bonchev–Trinajstić information content (AvgIpc) is 3.01. The predicted molar refractivity (Wildman–Crippen MR) is 90.4 cm³/mol. The van der Waals surface area contributed by atoms with Crippen LogP contribution in [0.4, 0.5) is 26.3 Å². The average molecular weight is 439 g/mol. The second-order valence-corrected chi connectivity index (χ2v) is 7.76. The van der Waals surface area contributed by atoms with Crippen LogP contribution in [0.1, 0.15) is 54.1 Å². The highest BCUT2D eigenvalue weighted by Gasteiger charge is 2.54. The first-order chi connectivity index (χ1) is 13.7. The zero-order valence-corrected chi connectivity index (χ0v) is 15.8. The Kier molecular flexibility index (Phi) is 5.55. The molecule has 1 amide bonds. The Morgan fingerprint density at radius 3 is 1.97 bits per heavy atom. The van der Waals surface area contributed by atoms with Crippen molar-refractivity contribution in [3.8, 4) is 0 Å². The Morgan fingerprint density at radius 2 is 1.53 bits per heavy atom. The van der Waals surface area contributed by atoms with Gasteiger partial charge in [0.05, 0.1) is 17.7 Å². The molecular formula is C19H19F6NO4. The van der Waals surface area contributed by atoms with Gasteiger partial charge in [0.25, 0.3) is 5.91 Å². The molecule has 1 aromatic rings. The van der Waals surface area contributed by atoms with Gasteiger partial charge in [0.15, 0.2) is 6.04 Å². The number of nitrogens with zero attached hydrogens (tertiary/aromatic N) is 1. The van der Waals surface area contributed by atoms with Crippen LogP contribution in [-0.2, 0) is 21.9 Å². The first kappa shape index (κ1) is 22.4. The van der Waals surface area contributed by atoms with Crippen molar-refractivity contribution in [2.24, 2.45) is 5.92 Å². The number of aliphatic carboxylic acids is 1. The molecule has 0 aromatic heterocycles. The molecule has 3 rings (SSSR count). The van der Waals surface area contributed by atoms with Crippen LogP contribution in [0.25, 0.3) is 0 Å². The van der Waals surface area contributed by atoms with Crippen LogP contribution in [0.3, 0.4) is 0 Å². The Morgan fingerprint density at radius 1 is 1.03 bits per heavy atom.